The van der Waals surface area contributed by atoms with Crippen LogP contribution in [0.3, 0.4) is 0 Å². The minimum absolute atomic E-state index is 0.0422. The topological polar surface area (TPSA) is 92.6 Å². The molecular weight excluding hydrogens is 402 g/mol. The number of carbonyl (C=O) groups is 2. The van der Waals surface area contributed by atoms with E-state index < -0.39 is 11.0 Å². The molecule has 2 amide bonds. The van der Waals surface area contributed by atoms with Crippen LogP contribution < -0.4 is 5.32 Å². The molecule has 0 saturated carbocycles. The molecule has 0 aliphatic carbocycles. The SMILES string of the molecule is CC[C@@H](C(=O)NC)N(Cc1ccccc1C)C(=O)CSCc1ccc([N+](=O)[O-])cc1. The van der Waals surface area contributed by atoms with Gasteiger partial charge in [0.15, 0.2) is 0 Å². The number of likely N-dealkylation sites (N-methyl/N-ethyl adjacent to an activating group) is 1. The number of nitrogens with one attached hydrogen (secondary N) is 1. The summed E-state index contributed by atoms with van der Waals surface area (Å²) in [6.07, 6.45) is 0.518. The Hall–Kier alpha value is -2.87. The van der Waals surface area contributed by atoms with Crippen LogP contribution in [0.2, 0.25) is 0 Å². The summed E-state index contributed by atoms with van der Waals surface area (Å²) in [5.74, 6) is 0.482. The van der Waals surface area contributed by atoms with E-state index in [-0.39, 0.29) is 23.3 Å². The van der Waals surface area contributed by atoms with E-state index >= 15 is 0 Å². The highest BCUT2D eigenvalue weighted by molar-refractivity contribution is 7.99. The molecule has 0 heterocycles. The van der Waals surface area contributed by atoms with Crippen molar-refractivity contribution in [1.82, 2.24) is 10.2 Å². The summed E-state index contributed by atoms with van der Waals surface area (Å²) >= 11 is 1.43. The number of amides is 2. The highest BCUT2D eigenvalue weighted by Gasteiger charge is 2.28. The normalized spacial score (nSPS) is 11.6. The number of nitro benzene ring substituents is 1. The maximum absolute atomic E-state index is 13.0. The number of hydrogen-bond donors (Lipinski definition) is 1. The first-order valence-corrected chi connectivity index (χ1v) is 10.9. The van der Waals surface area contributed by atoms with Gasteiger partial charge in [-0.15, -0.1) is 11.8 Å². The lowest BCUT2D eigenvalue weighted by Gasteiger charge is -2.30. The summed E-state index contributed by atoms with van der Waals surface area (Å²) < 4.78 is 0. The third-order valence-electron chi connectivity index (χ3n) is 4.88. The van der Waals surface area contributed by atoms with E-state index in [2.05, 4.69) is 5.32 Å². The zero-order valence-corrected chi connectivity index (χ0v) is 18.3. The van der Waals surface area contributed by atoms with Crippen LogP contribution in [0.1, 0.15) is 30.0 Å². The molecule has 1 atom stereocenters. The van der Waals surface area contributed by atoms with E-state index in [4.69, 9.17) is 0 Å². The van der Waals surface area contributed by atoms with Crippen LogP contribution in [0, 0.1) is 17.0 Å². The van der Waals surface area contributed by atoms with Crippen LogP contribution in [0.4, 0.5) is 5.69 Å². The molecule has 0 unspecified atom stereocenters. The fourth-order valence-electron chi connectivity index (χ4n) is 3.11. The Balaban J connectivity index is 2.08. The van der Waals surface area contributed by atoms with E-state index in [9.17, 15) is 19.7 Å². The molecule has 0 fully saturated rings. The molecule has 30 heavy (non-hydrogen) atoms. The van der Waals surface area contributed by atoms with Gasteiger partial charge < -0.3 is 10.2 Å². The Morgan fingerprint density at radius 2 is 1.83 bits per heavy atom. The van der Waals surface area contributed by atoms with Crippen molar-refractivity contribution in [2.45, 2.75) is 38.6 Å². The lowest BCUT2D eigenvalue weighted by molar-refractivity contribution is -0.384. The lowest BCUT2D eigenvalue weighted by atomic mass is 10.1. The maximum Gasteiger partial charge on any atom is 0.269 e. The molecule has 0 spiro atoms. The van der Waals surface area contributed by atoms with Crippen LogP contribution in [-0.2, 0) is 21.9 Å². The molecule has 8 heteroatoms. The number of rotatable bonds is 10. The molecule has 7 nitrogen and oxygen atoms in total. The number of nitro groups is 1. The van der Waals surface area contributed by atoms with E-state index in [1.165, 1.54) is 23.9 Å². The van der Waals surface area contributed by atoms with E-state index in [1.807, 2.05) is 38.1 Å². The van der Waals surface area contributed by atoms with Gasteiger partial charge in [0.25, 0.3) is 5.69 Å². The van der Waals surface area contributed by atoms with Crippen molar-refractivity contribution in [1.29, 1.82) is 0 Å². The Kier molecular flexibility index (Phi) is 8.86. The summed E-state index contributed by atoms with van der Waals surface area (Å²) in [6, 6.07) is 13.6. The quantitative estimate of drug-likeness (QED) is 0.459. The van der Waals surface area contributed by atoms with Gasteiger partial charge in [0.2, 0.25) is 11.8 Å². The van der Waals surface area contributed by atoms with Crippen molar-refractivity contribution in [3.63, 3.8) is 0 Å². The van der Waals surface area contributed by atoms with Crippen LogP contribution in [-0.4, -0.2) is 40.5 Å². The molecule has 2 aromatic rings. The van der Waals surface area contributed by atoms with Gasteiger partial charge in [-0.3, -0.25) is 19.7 Å². The summed E-state index contributed by atoms with van der Waals surface area (Å²) in [4.78, 5) is 37.4. The van der Waals surface area contributed by atoms with Crippen LogP contribution in [0.25, 0.3) is 0 Å². The molecule has 0 bridgehead atoms. The number of hydrogen-bond acceptors (Lipinski definition) is 5. The van der Waals surface area contributed by atoms with E-state index in [1.54, 1.807) is 24.1 Å². The van der Waals surface area contributed by atoms with Gasteiger partial charge in [-0.25, -0.2) is 0 Å². The molecule has 0 aliphatic heterocycles. The second kappa shape index (κ2) is 11.3. The van der Waals surface area contributed by atoms with Crippen molar-refractivity contribution in [3.8, 4) is 0 Å². The summed E-state index contributed by atoms with van der Waals surface area (Å²) in [5.41, 5.74) is 3.02. The number of non-ortho nitro benzene ring substituents is 1. The average molecular weight is 430 g/mol. The van der Waals surface area contributed by atoms with Crippen molar-refractivity contribution in [2.24, 2.45) is 0 Å². The Bertz CT molecular complexity index is 886. The van der Waals surface area contributed by atoms with Gasteiger partial charge in [0.1, 0.15) is 6.04 Å². The molecule has 160 valence electrons. The van der Waals surface area contributed by atoms with Gasteiger partial charge in [-0.1, -0.05) is 43.3 Å². The monoisotopic (exact) mass is 429 g/mol. The fourth-order valence-corrected chi connectivity index (χ4v) is 3.98. The lowest BCUT2D eigenvalue weighted by Crippen LogP contribution is -2.48. The summed E-state index contributed by atoms with van der Waals surface area (Å²) in [6.45, 7) is 4.25. The molecule has 1 N–H and O–H groups in total. The second-order valence-corrected chi connectivity index (χ2v) is 7.89. The van der Waals surface area contributed by atoms with Gasteiger partial charge in [-0.2, -0.15) is 0 Å². The maximum atomic E-state index is 13.0. The number of aryl methyl sites for hydroxylation is 1. The summed E-state index contributed by atoms with van der Waals surface area (Å²) in [5, 5.41) is 13.4. The zero-order chi connectivity index (χ0) is 22.1. The molecule has 2 rings (SSSR count). The van der Waals surface area contributed by atoms with Crippen LogP contribution >= 0.6 is 11.8 Å². The molecule has 0 saturated heterocycles. The van der Waals surface area contributed by atoms with Crippen molar-refractivity contribution in [2.75, 3.05) is 12.8 Å². The zero-order valence-electron chi connectivity index (χ0n) is 17.5. The third-order valence-corrected chi connectivity index (χ3v) is 5.86. The second-order valence-electron chi connectivity index (χ2n) is 6.90. The van der Waals surface area contributed by atoms with Crippen LogP contribution in [0.15, 0.2) is 48.5 Å². The number of thioether (sulfide) groups is 1. The Labute approximate surface area is 181 Å². The fraction of sp³-hybridized carbons (Fsp3) is 0.364. The van der Waals surface area contributed by atoms with Gasteiger partial charge in [0, 0.05) is 31.5 Å². The van der Waals surface area contributed by atoms with E-state index in [0.717, 1.165) is 16.7 Å². The van der Waals surface area contributed by atoms with Crippen molar-refractivity contribution >= 4 is 29.3 Å². The molecular formula is C22H27N3O4S. The predicted octanol–water partition coefficient (Wildman–Crippen LogP) is 3.69. The molecule has 0 aromatic heterocycles. The minimum Gasteiger partial charge on any atom is -0.357 e. The third kappa shape index (κ3) is 6.32. The van der Waals surface area contributed by atoms with Gasteiger partial charge in [0.05, 0.1) is 10.7 Å². The van der Waals surface area contributed by atoms with Gasteiger partial charge >= 0.3 is 0 Å². The van der Waals surface area contributed by atoms with Crippen molar-refractivity contribution < 1.29 is 14.5 Å². The van der Waals surface area contributed by atoms with Gasteiger partial charge in [-0.05, 0) is 30.0 Å². The highest BCUT2D eigenvalue weighted by atomic mass is 32.2. The standard InChI is InChI=1S/C22H27N3O4S/c1-4-20(22(27)23-3)24(13-18-8-6-5-7-16(18)2)21(26)15-30-14-17-9-11-19(12-10-17)25(28)29/h5-12,20H,4,13-15H2,1-3H3,(H,23,27)/t20-/m0/s1. The molecule has 0 aliphatic rings. The van der Waals surface area contributed by atoms with Crippen LogP contribution in [0.5, 0.6) is 0 Å². The summed E-state index contributed by atoms with van der Waals surface area (Å²) in [7, 11) is 1.57. The Morgan fingerprint density at radius 3 is 2.40 bits per heavy atom. The number of nitrogens with zero attached hydrogens (tertiary/aromatic N) is 2. The molecule has 0 radical (unpaired) electrons. The van der Waals surface area contributed by atoms with E-state index in [0.29, 0.717) is 18.7 Å². The Morgan fingerprint density at radius 1 is 1.17 bits per heavy atom. The smallest absolute Gasteiger partial charge is 0.269 e. The predicted molar refractivity (Wildman–Crippen MR) is 119 cm³/mol. The molecule has 2 aromatic carbocycles. The largest absolute Gasteiger partial charge is 0.357 e. The first-order valence-electron chi connectivity index (χ1n) is 9.74. The number of carbonyl (C=O) groups excluding carboxylic acids is 2. The van der Waals surface area contributed by atoms with Crippen molar-refractivity contribution in [3.05, 3.63) is 75.3 Å². The highest BCUT2D eigenvalue weighted by Crippen LogP contribution is 2.20. The number of benzene rings is 2. The average Bonchev–Trinajstić information content (AvgIpc) is 2.74. The minimum atomic E-state index is -0.540. The first kappa shape index (κ1) is 23.4. The first-order chi connectivity index (χ1) is 14.4.